The van der Waals surface area contributed by atoms with Crippen LogP contribution in [0.4, 0.5) is 11.4 Å². The summed E-state index contributed by atoms with van der Waals surface area (Å²) < 4.78 is 5.08. The topological polar surface area (TPSA) is 96.4 Å². The van der Waals surface area contributed by atoms with Gasteiger partial charge in [-0.15, -0.1) is 0 Å². The average Bonchev–Trinajstić information content (AvgIpc) is 2.65. The van der Waals surface area contributed by atoms with Gasteiger partial charge in [0.15, 0.2) is 6.61 Å². The Morgan fingerprint density at radius 2 is 1.89 bits per heavy atom. The molecular weight excluding hydrogens is 389 g/mol. The van der Waals surface area contributed by atoms with Crippen LogP contribution in [0.1, 0.15) is 22.3 Å². The number of nitrogens with two attached hydrogens (primary N) is 1. The molecule has 6 nitrogen and oxygen atoms in total. The Morgan fingerprint density at radius 3 is 2.52 bits per heavy atom. The molecule has 27 heavy (non-hydrogen) atoms. The number of rotatable bonds is 6. The van der Waals surface area contributed by atoms with Crippen LogP contribution >= 0.6 is 23.2 Å². The van der Waals surface area contributed by atoms with Gasteiger partial charge in [0, 0.05) is 17.3 Å². The number of amides is 1. The lowest BCUT2D eigenvalue weighted by Gasteiger charge is -2.22. The molecule has 0 heterocycles. The zero-order valence-corrected chi connectivity index (χ0v) is 16.0. The Balaban J connectivity index is 2.11. The molecule has 0 unspecified atom stereocenters. The molecule has 2 aromatic rings. The highest BCUT2D eigenvalue weighted by atomic mass is 35.5. The van der Waals surface area contributed by atoms with Gasteiger partial charge < -0.3 is 15.4 Å². The minimum absolute atomic E-state index is 0.134. The van der Waals surface area contributed by atoms with Crippen molar-refractivity contribution < 1.29 is 14.3 Å². The largest absolute Gasteiger partial charge is 0.452 e. The van der Waals surface area contributed by atoms with E-state index in [1.54, 1.807) is 18.2 Å². The molecule has 1 amide bonds. The van der Waals surface area contributed by atoms with Crippen LogP contribution in [0.2, 0.25) is 10.0 Å². The molecule has 0 saturated heterocycles. The zero-order chi connectivity index (χ0) is 20.0. The fourth-order valence-electron chi connectivity index (χ4n) is 2.32. The molecule has 8 heteroatoms. The summed E-state index contributed by atoms with van der Waals surface area (Å²) in [6.07, 6.45) is 0.134. The standard InChI is InChI=1S/C19H17Cl2N3O3/c1-12-9-14(4-6-15(12)20)24(8-2-7-22)18(25)11-27-19(26)13-3-5-16(21)17(23)10-13/h3-6,9-10H,2,8,11,23H2,1H3. The van der Waals surface area contributed by atoms with Gasteiger partial charge in [0.05, 0.1) is 28.8 Å². The summed E-state index contributed by atoms with van der Waals surface area (Å²) in [4.78, 5) is 26.1. The molecular formula is C19H17Cl2N3O3. The van der Waals surface area contributed by atoms with Gasteiger partial charge in [-0.2, -0.15) is 5.26 Å². The Labute approximate surface area is 167 Å². The molecule has 0 aromatic heterocycles. The van der Waals surface area contributed by atoms with Crippen molar-refractivity contribution in [2.45, 2.75) is 13.3 Å². The van der Waals surface area contributed by atoms with Crippen molar-refractivity contribution in [2.24, 2.45) is 0 Å². The Bertz CT molecular complexity index is 910. The minimum atomic E-state index is -0.695. The summed E-state index contributed by atoms with van der Waals surface area (Å²) in [6, 6.07) is 11.4. The number of carbonyl (C=O) groups is 2. The highest BCUT2D eigenvalue weighted by Crippen LogP contribution is 2.23. The van der Waals surface area contributed by atoms with Crippen LogP contribution < -0.4 is 10.6 Å². The number of anilines is 2. The molecule has 2 rings (SSSR count). The lowest BCUT2D eigenvalue weighted by molar-refractivity contribution is -0.121. The second-order valence-electron chi connectivity index (χ2n) is 5.70. The van der Waals surface area contributed by atoms with E-state index < -0.39 is 18.5 Å². The van der Waals surface area contributed by atoms with Crippen LogP contribution in [-0.2, 0) is 9.53 Å². The first-order chi connectivity index (χ1) is 12.8. The monoisotopic (exact) mass is 405 g/mol. The highest BCUT2D eigenvalue weighted by Gasteiger charge is 2.19. The van der Waals surface area contributed by atoms with Gasteiger partial charge in [0.2, 0.25) is 0 Å². The summed E-state index contributed by atoms with van der Waals surface area (Å²) in [5, 5.41) is 9.73. The Hall–Kier alpha value is -2.75. The summed E-state index contributed by atoms with van der Waals surface area (Å²) >= 11 is 11.8. The third-order valence-electron chi connectivity index (χ3n) is 3.76. The average molecular weight is 406 g/mol. The van der Waals surface area contributed by atoms with E-state index in [4.69, 9.17) is 38.9 Å². The fourth-order valence-corrected chi connectivity index (χ4v) is 2.55. The number of benzene rings is 2. The van der Waals surface area contributed by atoms with Crippen molar-refractivity contribution in [2.75, 3.05) is 23.8 Å². The van der Waals surface area contributed by atoms with E-state index >= 15 is 0 Å². The maximum absolute atomic E-state index is 12.6. The SMILES string of the molecule is Cc1cc(N(CCC#N)C(=O)COC(=O)c2ccc(Cl)c(N)c2)ccc1Cl. The van der Waals surface area contributed by atoms with E-state index in [2.05, 4.69) is 0 Å². The van der Waals surface area contributed by atoms with Crippen LogP contribution in [-0.4, -0.2) is 25.0 Å². The molecule has 0 saturated carbocycles. The van der Waals surface area contributed by atoms with Gasteiger partial charge in [0.25, 0.3) is 5.91 Å². The number of hydrogen-bond donors (Lipinski definition) is 1. The molecule has 0 spiro atoms. The number of aryl methyl sites for hydroxylation is 1. The van der Waals surface area contributed by atoms with E-state index in [0.29, 0.717) is 15.7 Å². The molecule has 0 radical (unpaired) electrons. The van der Waals surface area contributed by atoms with Gasteiger partial charge in [-0.3, -0.25) is 4.79 Å². The third kappa shape index (κ3) is 5.36. The summed E-state index contributed by atoms with van der Waals surface area (Å²) in [5.74, 6) is -1.15. The van der Waals surface area contributed by atoms with Crippen molar-refractivity contribution in [1.29, 1.82) is 5.26 Å². The molecule has 0 atom stereocenters. The summed E-state index contributed by atoms with van der Waals surface area (Å²) in [6.45, 7) is 1.50. The smallest absolute Gasteiger partial charge is 0.338 e. The Kier molecular flexibility index (Phi) is 7.05. The lowest BCUT2D eigenvalue weighted by Crippen LogP contribution is -2.35. The van der Waals surface area contributed by atoms with E-state index in [9.17, 15) is 9.59 Å². The molecule has 0 aliphatic carbocycles. The van der Waals surface area contributed by atoms with Crippen molar-refractivity contribution in [3.05, 3.63) is 57.6 Å². The number of carbonyl (C=O) groups excluding carboxylic acids is 2. The quantitative estimate of drug-likeness (QED) is 0.578. The van der Waals surface area contributed by atoms with Crippen molar-refractivity contribution >= 4 is 46.5 Å². The third-order valence-corrected chi connectivity index (χ3v) is 4.53. The maximum Gasteiger partial charge on any atom is 0.338 e. The maximum atomic E-state index is 12.6. The van der Waals surface area contributed by atoms with Crippen molar-refractivity contribution in [3.8, 4) is 6.07 Å². The minimum Gasteiger partial charge on any atom is -0.452 e. The lowest BCUT2D eigenvalue weighted by atomic mass is 10.2. The number of hydrogen-bond acceptors (Lipinski definition) is 5. The first-order valence-corrected chi connectivity index (χ1v) is 8.74. The molecule has 2 N–H and O–H groups in total. The highest BCUT2D eigenvalue weighted by molar-refractivity contribution is 6.33. The molecule has 140 valence electrons. The molecule has 0 aliphatic rings. The number of nitrogen functional groups attached to an aromatic ring is 1. The number of nitriles is 1. The second-order valence-corrected chi connectivity index (χ2v) is 6.51. The van der Waals surface area contributed by atoms with Gasteiger partial charge >= 0.3 is 5.97 Å². The van der Waals surface area contributed by atoms with Crippen LogP contribution in [0, 0.1) is 18.3 Å². The van der Waals surface area contributed by atoms with Crippen LogP contribution in [0.15, 0.2) is 36.4 Å². The first-order valence-electron chi connectivity index (χ1n) is 7.99. The van der Waals surface area contributed by atoms with E-state index in [-0.39, 0.29) is 24.2 Å². The van der Waals surface area contributed by atoms with Gasteiger partial charge in [-0.05, 0) is 48.9 Å². The predicted octanol–water partition coefficient (Wildman–Crippen LogP) is 3.99. The van der Waals surface area contributed by atoms with Gasteiger partial charge in [-0.25, -0.2) is 4.79 Å². The molecule has 0 fully saturated rings. The normalized spacial score (nSPS) is 10.1. The first kappa shape index (κ1) is 20.6. The second kappa shape index (κ2) is 9.26. The number of nitrogens with zero attached hydrogens (tertiary/aromatic N) is 2. The summed E-state index contributed by atoms with van der Waals surface area (Å²) in [7, 11) is 0. The molecule has 2 aromatic carbocycles. The zero-order valence-electron chi connectivity index (χ0n) is 14.5. The number of ether oxygens (including phenoxy) is 1. The van der Waals surface area contributed by atoms with Crippen molar-refractivity contribution in [1.82, 2.24) is 0 Å². The summed E-state index contributed by atoms with van der Waals surface area (Å²) in [5.41, 5.74) is 7.46. The number of halogens is 2. The van der Waals surface area contributed by atoms with E-state index in [0.717, 1.165) is 5.56 Å². The van der Waals surface area contributed by atoms with Crippen LogP contribution in [0.5, 0.6) is 0 Å². The van der Waals surface area contributed by atoms with Crippen LogP contribution in [0.3, 0.4) is 0 Å². The van der Waals surface area contributed by atoms with Crippen molar-refractivity contribution in [3.63, 3.8) is 0 Å². The van der Waals surface area contributed by atoms with Gasteiger partial charge in [0.1, 0.15) is 0 Å². The van der Waals surface area contributed by atoms with Gasteiger partial charge in [-0.1, -0.05) is 23.2 Å². The molecule has 0 aliphatic heterocycles. The van der Waals surface area contributed by atoms with Crippen LogP contribution in [0.25, 0.3) is 0 Å². The van der Waals surface area contributed by atoms with E-state index in [1.807, 2.05) is 13.0 Å². The molecule has 0 bridgehead atoms. The predicted molar refractivity (Wildman–Crippen MR) is 105 cm³/mol. The number of esters is 1. The van der Waals surface area contributed by atoms with E-state index in [1.165, 1.54) is 23.1 Å². The Morgan fingerprint density at radius 1 is 1.19 bits per heavy atom. The fraction of sp³-hybridized carbons (Fsp3) is 0.211.